The van der Waals surface area contributed by atoms with Crippen molar-refractivity contribution in [3.8, 4) is 0 Å². The van der Waals surface area contributed by atoms with Crippen LogP contribution in [0.3, 0.4) is 0 Å². The van der Waals surface area contributed by atoms with Gasteiger partial charge in [0.15, 0.2) is 0 Å². The van der Waals surface area contributed by atoms with Crippen LogP contribution >= 0.6 is 27.3 Å². The number of hydrogen-bond donors (Lipinski definition) is 1. The minimum atomic E-state index is -0.449. The van der Waals surface area contributed by atoms with Crippen LogP contribution in [0.5, 0.6) is 0 Å². The maximum atomic E-state index is 9.09. The van der Waals surface area contributed by atoms with Gasteiger partial charge in [0.05, 0.1) is 9.48 Å². The minimum absolute atomic E-state index is 0.449. The van der Waals surface area contributed by atoms with Gasteiger partial charge in [-0.25, -0.2) is 4.98 Å². The minimum Gasteiger partial charge on any atom is -0.386 e. The third kappa shape index (κ3) is 1.56. The number of aliphatic hydroxyl groups excluding tert-OH is 1. The first kappa shape index (κ1) is 8.17. The summed E-state index contributed by atoms with van der Waals surface area (Å²) in [6, 6.07) is 0. The van der Waals surface area contributed by atoms with E-state index in [0.29, 0.717) is 0 Å². The largest absolute Gasteiger partial charge is 0.386 e. The van der Waals surface area contributed by atoms with Gasteiger partial charge in [0.1, 0.15) is 11.1 Å². The summed E-state index contributed by atoms with van der Waals surface area (Å²) in [5.41, 5.74) is 0.945. The molecule has 2 nitrogen and oxygen atoms in total. The van der Waals surface area contributed by atoms with E-state index >= 15 is 0 Å². The predicted octanol–water partition coefficient (Wildman–Crippen LogP) is 2.27. The number of aromatic nitrogens is 1. The molecule has 0 aliphatic carbocycles. The third-order valence-electron chi connectivity index (χ3n) is 1.11. The van der Waals surface area contributed by atoms with Crippen LogP contribution in [0.1, 0.15) is 23.7 Å². The quantitative estimate of drug-likeness (QED) is 0.790. The average Bonchev–Trinajstić information content (AvgIpc) is 2.13. The smallest absolute Gasteiger partial charge is 0.122 e. The number of thiazole rings is 1. The lowest BCUT2D eigenvalue weighted by Gasteiger charge is -1.94. The van der Waals surface area contributed by atoms with E-state index in [0.717, 1.165) is 14.5 Å². The van der Waals surface area contributed by atoms with Crippen LogP contribution in [-0.2, 0) is 0 Å². The second-order valence-electron chi connectivity index (χ2n) is 2.09. The van der Waals surface area contributed by atoms with Crippen LogP contribution in [0.25, 0.3) is 0 Å². The molecule has 0 aromatic carbocycles. The first-order chi connectivity index (χ1) is 4.61. The molecule has 1 atom stereocenters. The molecule has 0 fully saturated rings. The molecule has 0 saturated carbocycles. The molecular formula is C6H8BrNOS. The summed E-state index contributed by atoms with van der Waals surface area (Å²) in [5, 5.41) is 9.86. The summed E-state index contributed by atoms with van der Waals surface area (Å²) in [7, 11) is 0. The van der Waals surface area contributed by atoms with Crippen molar-refractivity contribution < 1.29 is 5.11 Å². The normalized spacial score (nSPS) is 13.6. The number of nitrogens with zero attached hydrogens (tertiary/aromatic N) is 1. The van der Waals surface area contributed by atoms with Crippen molar-refractivity contribution in [2.45, 2.75) is 20.0 Å². The maximum Gasteiger partial charge on any atom is 0.122 e. The van der Waals surface area contributed by atoms with Crippen molar-refractivity contribution in [2.24, 2.45) is 0 Å². The van der Waals surface area contributed by atoms with E-state index in [2.05, 4.69) is 20.9 Å². The molecule has 0 spiro atoms. The number of hydrogen-bond acceptors (Lipinski definition) is 3. The van der Waals surface area contributed by atoms with Gasteiger partial charge in [-0.3, -0.25) is 0 Å². The summed E-state index contributed by atoms with van der Waals surface area (Å²) in [6.45, 7) is 3.62. The van der Waals surface area contributed by atoms with Crippen molar-refractivity contribution in [3.63, 3.8) is 0 Å². The Kier molecular flexibility index (Phi) is 2.44. The Balaban J connectivity index is 2.98. The van der Waals surface area contributed by atoms with Gasteiger partial charge >= 0.3 is 0 Å². The second kappa shape index (κ2) is 2.98. The van der Waals surface area contributed by atoms with Crippen LogP contribution in [0.4, 0.5) is 0 Å². The average molecular weight is 222 g/mol. The molecule has 1 N–H and O–H groups in total. The molecule has 1 heterocycles. The monoisotopic (exact) mass is 221 g/mol. The number of aryl methyl sites for hydroxylation is 1. The molecule has 0 saturated heterocycles. The van der Waals surface area contributed by atoms with Gasteiger partial charge in [-0.05, 0) is 29.8 Å². The standard InChI is InChI=1S/C6H8BrNOS/c1-3-5(7)10-6(8-3)4(2)9/h4,9H,1-2H3/t4-/m1/s1. The van der Waals surface area contributed by atoms with Gasteiger partial charge in [-0.15, -0.1) is 11.3 Å². The van der Waals surface area contributed by atoms with E-state index in [4.69, 9.17) is 5.11 Å². The van der Waals surface area contributed by atoms with Gasteiger partial charge in [-0.1, -0.05) is 0 Å². The van der Waals surface area contributed by atoms with E-state index < -0.39 is 6.10 Å². The lowest BCUT2D eigenvalue weighted by molar-refractivity contribution is 0.198. The van der Waals surface area contributed by atoms with E-state index in [-0.39, 0.29) is 0 Å². The molecule has 0 aliphatic rings. The Morgan fingerprint density at radius 1 is 1.70 bits per heavy atom. The summed E-state index contributed by atoms with van der Waals surface area (Å²) >= 11 is 4.81. The lowest BCUT2D eigenvalue weighted by Crippen LogP contribution is -1.88. The molecule has 1 aromatic heterocycles. The molecule has 4 heteroatoms. The van der Waals surface area contributed by atoms with Crippen LogP contribution in [0, 0.1) is 6.92 Å². The molecular weight excluding hydrogens is 214 g/mol. The van der Waals surface area contributed by atoms with Crippen LogP contribution in [-0.4, -0.2) is 10.1 Å². The highest BCUT2D eigenvalue weighted by molar-refractivity contribution is 9.11. The van der Waals surface area contributed by atoms with Crippen molar-refractivity contribution in [1.82, 2.24) is 4.98 Å². The Hall–Kier alpha value is 0.0700. The van der Waals surface area contributed by atoms with Crippen molar-refractivity contribution >= 4 is 27.3 Å². The molecule has 0 radical (unpaired) electrons. The van der Waals surface area contributed by atoms with Gasteiger partial charge in [-0.2, -0.15) is 0 Å². The third-order valence-corrected chi connectivity index (χ3v) is 3.29. The Labute approximate surface area is 72.0 Å². The highest BCUT2D eigenvalue weighted by Crippen LogP contribution is 2.27. The molecule has 0 amide bonds. The fourth-order valence-corrected chi connectivity index (χ4v) is 1.89. The zero-order valence-electron chi connectivity index (χ0n) is 5.76. The number of halogens is 1. The summed E-state index contributed by atoms with van der Waals surface area (Å²) in [6.07, 6.45) is -0.449. The highest BCUT2D eigenvalue weighted by atomic mass is 79.9. The van der Waals surface area contributed by atoms with Gasteiger partial charge in [0.2, 0.25) is 0 Å². The molecule has 56 valence electrons. The fraction of sp³-hybridized carbons (Fsp3) is 0.500. The highest BCUT2D eigenvalue weighted by Gasteiger charge is 2.08. The van der Waals surface area contributed by atoms with E-state index in [9.17, 15) is 0 Å². The molecule has 10 heavy (non-hydrogen) atoms. The van der Waals surface area contributed by atoms with Gasteiger partial charge in [0, 0.05) is 0 Å². The van der Waals surface area contributed by atoms with Crippen molar-refractivity contribution in [2.75, 3.05) is 0 Å². The van der Waals surface area contributed by atoms with Gasteiger partial charge in [0.25, 0.3) is 0 Å². The maximum absolute atomic E-state index is 9.09. The molecule has 1 rings (SSSR count). The van der Waals surface area contributed by atoms with Crippen molar-refractivity contribution in [1.29, 1.82) is 0 Å². The summed E-state index contributed by atoms with van der Waals surface area (Å²) < 4.78 is 1.00. The molecule has 0 bridgehead atoms. The molecule has 0 unspecified atom stereocenters. The van der Waals surface area contributed by atoms with Crippen LogP contribution < -0.4 is 0 Å². The first-order valence-electron chi connectivity index (χ1n) is 2.92. The second-order valence-corrected chi connectivity index (χ2v) is 4.44. The number of aliphatic hydroxyl groups is 1. The fourth-order valence-electron chi connectivity index (χ4n) is 0.576. The Morgan fingerprint density at radius 2 is 2.30 bits per heavy atom. The Morgan fingerprint density at radius 3 is 2.50 bits per heavy atom. The summed E-state index contributed by atoms with van der Waals surface area (Å²) in [4.78, 5) is 4.13. The van der Waals surface area contributed by atoms with Crippen LogP contribution in [0.15, 0.2) is 3.79 Å². The van der Waals surface area contributed by atoms with Crippen LogP contribution in [0.2, 0.25) is 0 Å². The molecule has 1 aromatic rings. The van der Waals surface area contributed by atoms with E-state index in [1.165, 1.54) is 11.3 Å². The van der Waals surface area contributed by atoms with E-state index in [1.54, 1.807) is 6.92 Å². The molecule has 0 aliphatic heterocycles. The van der Waals surface area contributed by atoms with E-state index in [1.807, 2.05) is 6.92 Å². The lowest BCUT2D eigenvalue weighted by atomic mass is 10.4. The Bertz CT molecular complexity index is 214. The van der Waals surface area contributed by atoms with Gasteiger partial charge < -0.3 is 5.11 Å². The SMILES string of the molecule is Cc1nc([C@@H](C)O)sc1Br. The predicted molar refractivity (Wildman–Crippen MR) is 45.2 cm³/mol. The first-order valence-corrected chi connectivity index (χ1v) is 4.53. The topological polar surface area (TPSA) is 33.1 Å². The summed E-state index contributed by atoms with van der Waals surface area (Å²) in [5.74, 6) is 0. The number of rotatable bonds is 1. The zero-order chi connectivity index (χ0) is 7.72. The zero-order valence-corrected chi connectivity index (χ0v) is 8.16. The van der Waals surface area contributed by atoms with Crippen molar-refractivity contribution in [3.05, 3.63) is 14.5 Å².